The summed E-state index contributed by atoms with van der Waals surface area (Å²) in [5.41, 5.74) is -0.920. The highest BCUT2D eigenvalue weighted by Crippen LogP contribution is 2.73. The van der Waals surface area contributed by atoms with Gasteiger partial charge in [-0.2, -0.15) is 0 Å². The van der Waals surface area contributed by atoms with Gasteiger partial charge in [-0.15, -0.1) is 12.4 Å². The number of esters is 1. The molecule has 0 aromatic rings. The van der Waals surface area contributed by atoms with Crippen molar-refractivity contribution in [3.63, 3.8) is 0 Å². The van der Waals surface area contributed by atoms with E-state index in [1.807, 2.05) is 0 Å². The third-order valence-corrected chi connectivity index (χ3v) is 4.92. The van der Waals surface area contributed by atoms with E-state index in [1.165, 1.54) is 0 Å². The average Bonchev–Trinajstić information content (AvgIpc) is 2.59. The molecule has 2 saturated heterocycles. The standard InChI is InChI=1S/C13H19F2NO2.ClH/c1-2-18-11(17)5-10-12(13(10,14)15)6-8-3-4-9(7-12)16-8;/h8-10,16H,2-7H2,1H3;1H. The first kappa shape index (κ1) is 15.0. The van der Waals surface area contributed by atoms with Gasteiger partial charge >= 0.3 is 5.97 Å². The van der Waals surface area contributed by atoms with Crippen LogP contribution in [0.15, 0.2) is 0 Å². The Hall–Kier alpha value is -0.420. The van der Waals surface area contributed by atoms with Crippen LogP contribution in [0.4, 0.5) is 8.78 Å². The molecule has 3 unspecified atom stereocenters. The van der Waals surface area contributed by atoms with E-state index in [1.54, 1.807) is 6.92 Å². The van der Waals surface area contributed by atoms with Crippen LogP contribution in [0.25, 0.3) is 0 Å². The lowest BCUT2D eigenvalue weighted by Gasteiger charge is -2.29. The molecular weight excluding hydrogens is 276 g/mol. The number of halogens is 3. The highest BCUT2D eigenvalue weighted by atomic mass is 35.5. The Morgan fingerprint density at radius 3 is 2.42 bits per heavy atom. The summed E-state index contributed by atoms with van der Waals surface area (Å²) in [6.07, 6.45) is 2.89. The van der Waals surface area contributed by atoms with Crippen molar-refractivity contribution >= 4 is 18.4 Å². The minimum atomic E-state index is -2.68. The second kappa shape index (κ2) is 4.85. The molecule has 2 heterocycles. The fourth-order valence-corrected chi connectivity index (χ4v) is 4.05. The molecule has 1 N–H and O–H groups in total. The number of hydrogen-bond acceptors (Lipinski definition) is 3. The van der Waals surface area contributed by atoms with E-state index in [0.717, 1.165) is 12.8 Å². The molecule has 3 rings (SSSR count). The van der Waals surface area contributed by atoms with Gasteiger partial charge in [-0.25, -0.2) is 8.78 Å². The second-order valence-corrected chi connectivity index (χ2v) is 5.89. The van der Waals surface area contributed by atoms with Crippen LogP contribution in [-0.4, -0.2) is 30.6 Å². The van der Waals surface area contributed by atoms with Crippen molar-refractivity contribution in [1.29, 1.82) is 0 Å². The van der Waals surface area contributed by atoms with Crippen molar-refractivity contribution in [2.75, 3.05) is 6.61 Å². The van der Waals surface area contributed by atoms with E-state index in [4.69, 9.17) is 4.74 Å². The number of ether oxygens (including phenoxy) is 1. The van der Waals surface area contributed by atoms with Gasteiger partial charge in [0.05, 0.1) is 13.0 Å². The van der Waals surface area contributed by atoms with Crippen molar-refractivity contribution < 1.29 is 18.3 Å². The van der Waals surface area contributed by atoms with Gasteiger partial charge in [0.15, 0.2) is 0 Å². The largest absolute Gasteiger partial charge is 0.466 e. The van der Waals surface area contributed by atoms with Crippen LogP contribution in [0.1, 0.15) is 39.0 Å². The van der Waals surface area contributed by atoms with Crippen molar-refractivity contribution in [1.82, 2.24) is 5.32 Å². The summed E-state index contributed by atoms with van der Waals surface area (Å²) in [5.74, 6) is -3.96. The van der Waals surface area contributed by atoms with Crippen molar-refractivity contribution in [3.8, 4) is 0 Å². The molecule has 1 aliphatic carbocycles. The SMILES string of the molecule is CCOC(=O)CC1C(F)(F)C12CC1CCC(C2)N1.Cl. The normalized spacial score (nSPS) is 41.7. The van der Waals surface area contributed by atoms with Gasteiger partial charge in [-0.3, -0.25) is 4.79 Å². The topological polar surface area (TPSA) is 38.3 Å². The zero-order valence-electron chi connectivity index (χ0n) is 11.0. The molecular formula is C13H20ClF2NO2. The summed E-state index contributed by atoms with van der Waals surface area (Å²) in [7, 11) is 0. The Bertz CT molecular complexity index is 366. The van der Waals surface area contributed by atoms with Crippen LogP contribution in [0, 0.1) is 11.3 Å². The molecule has 6 heteroatoms. The van der Waals surface area contributed by atoms with Gasteiger partial charge in [0.25, 0.3) is 5.92 Å². The predicted molar refractivity (Wildman–Crippen MR) is 68.5 cm³/mol. The zero-order chi connectivity index (χ0) is 13.0. The molecule has 3 fully saturated rings. The molecule has 110 valence electrons. The lowest BCUT2D eigenvalue weighted by molar-refractivity contribution is -0.144. The van der Waals surface area contributed by atoms with Crippen LogP contribution < -0.4 is 5.32 Å². The maximum Gasteiger partial charge on any atom is 0.306 e. The van der Waals surface area contributed by atoms with Gasteiger partial charge < -0.3 is 10.1 Å². The molecule has 19 heavy (non-hydrogen) atoms. The number of alkyl halides is 2. The summed E-state index contributed by atoms with van der Waals surface area (Å²) in [4.78, 5) is 11.4. The molecule has 2 aliphatic heterocycles. The van der Waals surface area contributed by atoms with Crippen LogP contribution in [0.5, 0.6) is 0 Å². The Balaban J connectivity index is 0.00000133. The van der Waals surface area contributed by atoms with Crippen LogP contribution in [-0.2, 0) is 9.53 Å². The first-order valence-corrected chi connectivity index (χ1v) is 6.79. The van der Waals surface area contributed by atoms with Crippen LogP contribution in [0.3, 0.4) is 0 Å². The predicted octanol–water partition coefficient (Wildman–Crippen LogP) is 2.53. The Kier molecular flexibility index (Phi) is 3.82. The highest BCUT2D eigenvalue weighted by molar-refractivity contribution is 5.85. The molecule has 0 radical (unpaired) electrons. The lowest BCUT2D eigenvalue weighted by atomic mass is 9.86. The summed E-state index contributed by atoms with van der Waals surface area (Å²) < 4.78 is 33.0. The number of piperidine rings is 1. The molecule has 1 saturated carbocycles. The Morgan fingerprint density at radius 1 is 1.32 bits per heavy atom. The molecule has 0 aromatic carbocycles. The Labute approximate surface area is 117 Å². The first-order valence-electron chi connectivity index (χ1n) is 6.79. The number of carbonyl (C=O) groups excluding carboxylic acids is 1. The lowest BCUT2D eigenvalue weighted by Crippen LogP contribution is -2.41. The molecule has 2 bridgehead atoms. The third kappa shape index (κ3) is 2.15. The molecule has 3 aliphatic rings. The minimum absolute atomic E-state index is 0. The Morgan fingerprint density at radius 2 is 1.89 bits per heavy atom. The summed E-state index contributed by atoms with van der Waals surface area (Å²) in [6.45, 7) is 1.96. The quantitative estimate of drug-likeness (QED) is 0.813. The van der Waals surface area contributed by atoms with Crippen molar-refractivity contribution in [2.45, 2.75) is 57.0 Å². The monoisotopic (exact) mass is 295 g/mol. The minimum Gasteiger partial charge on any atom is -0.466 e. The van der Waals surface area contributed by atoms with E-state index < -0.39 is 23.2 Å². The third-order valence-electron chi connectivity index (χ3n) is 4.92. The molecule has 0 amide bonds. The van der Waals surface area contributed by atoms with Gasteiger partial charge in [0.1, 0.15) is 0 Å². The van der Waals surface area contributed by atoms with E-state index >= 15 is 0 Å². The number of rotatable bonds is 3. The van der Waals surface area contributed by atoms with E-state index in [2.05, 4.69) is 5.32 Å². The average molecular weight is 296 g/mol. The maximum absolute atomic E-state index is 14.1. The zero-order valence-corrected chi connectivity index (χ0v) is 11.8. The number of nitrogens with one attached hydrogen (secondary N) is 1. The van der Waals surface area contributed by atoms with Crippen molar-refractivity contribution in [2.24, 2.45) is 11.3 Å². The van der Waals surface area contributed by atoms with Crippen LogP contribution >= 0.6 is 12.4 Å². The fourth-order valence-electron chi connectivity index (χ4n) is 4.05. The molecule has 3 nitrogen and oxygen atoms in total. The van der Waals surface area contributed by atoms with Gasteiger partial charge in [0, 0.05) is 23.4 Å². The van der Waals surface area contributed by atoms with E-state index in [-0.39, 0.29) is 37.5 Å². The number of hydrogen-bond donors (Lipinski definition) is 1. The van der Waals surface area contributed by atoms with Gasteiger partial charge in [-0.05, 0) is 32.6 Å². The summed E-state index contributed by atoms with van der Waals surface area (Å²) in [6, 6.07) is 0.448. The number of carbonyl (C=O) groups is 1. The highest BCUT2D eigenvalue weighted by Gasteiger charge is 2.81. The molecule has 3 atom stereocenters. The molecule has 1 spiro atoms. The number of fused-ring (bicyclic) bond motifs is 2. The van der Waals surface area contributed by atoms with Gasteiger partial charge in [0.2, 0.25) is 0 Å². The van der Waals surface area contributed by atoms with Crippen LogP contribution in [0.2, 0.25) is 0 Å². The van der Waals surface area contributed by atoms with E-state index in [0.29, 0.717) is 12.8 Å². The summed E-state index contributed by atoms with van der Waals surface area (Å²) in [5, 5.41) is 3.37. The smallest absolute Gasteiger partial charge is 0.306 e. The van der Waals surface area contributed by atoms with E-state index in [9.17, 15) is 13.6 Å². The summed E-state index contributed by atoms with van der Waals surface area (Å²) >= 11 is 0. The first-order chi connectivity index (χ1) is 8.49. The fraction of sp³-hybridized carbons (Fsp3) is 0.923. The second-order valence-electron chi connectivity index (χ2n) is 5.89. The maximum atomic E-state index is 14.1. The van der Waals surface area contributed by atoms with Gasteiger partial charge in [-0.1, -0.05) is 0 Å². The van der Waals surface area contributed by atoms with Crippen molar-refractivity contribution in [3.05, 3.63) is 0 Å². The molecule has 0 aromatic heterocycles.